The van der Waals surface area contributed by atoms with E-state index in [1.807, 2.05) is 20.8 Å². The summed E-state index contributed by atoms with van der Waals surface area (Å²) in [6.45, 7) is 8.12. The molecule has 0 unspecified atom stereocenters. The van der Waals surface area contributed by atoms with E-state index in [0.717, 1.165) is 19.5 Å². The molecular weight excluding hydrogens is 220 g/mol. The fraction of sp³-hybridized carbons (Fsp3) is 0.917. The van der Waals surface area contributed by atoms with E-state index in [0.29, 0.717) is 12.5 Å². The van der Waals surface area contributed by atoms with Crippen LogP contribution in [0.25, 0.3) is 0 Å². The van der Waals surface area contributed by atoms with Crippen LogP contribution in [0.5, 0.6) is 0 Å². The second-order valence-electron chi connectivity index (χ2n) is 5.77. The van der Waals surface area contributed by atoms with Gasteiger partial charge in [-0.25, -0.2) is 4.79 Å². The SMILES string of the molecule is CC(C)(C)OC(=O)N[C@H]1CCO[C@@H]2CNC[C@H]12. The van der Waals surface area contributed by atoms with Gasteiger partial charge in [0, 0.05) is 31.7 Å². The molecule has 0 radical (unpaired) electrons. The standard InChI is InChI=1S/C12H22N2O3/c1-12(2,3)17-11(15)14-9-4-5-16-10-7-13-6-8(9)10/h8-10,13H,4-7H2,1-3H3,(H,14,15)/t8-,9+,10-/m1/s1. The van der Waals surface area contributed by atoms with Gasteiger partial charge < -0.3 is 20.1 Å². The number of amides is 1. The van der Waals surface area contributed by atoms with Crippen LogP contribution in [0.3, 0.4) is 0 Å². The number of nitrogens with one attached hydrogen (secondary N) is 2. The lowest BCUT2D eigenvalue weighted by atomic mass is 9.92. The quantitative estimate of drug-likeness (QED) is 0.717. The molecule has 17 heavy (non-hydrogen) atoms. The Morgan fingerprint density at radius 2 is 2.18 bits per heavy atom. The molecule has 2 saturated heterocycles. The number of fused-ring (bicyclic) bond motifs is 1. The van der Waals surface area contributed by atoms with Gasteiger partial charge in [0.05, 0.1) is 6.10 Å². The molecule has 2 aliphatic heterocycles. The lowest BCUT2D eigenvalue weighted by Gasteiger charge is -2.34. The van der Waals surface area contributed by atoms with E-state index >= 15 is 0 Å². The van der Waals surface area contributed by atoms with E-state index < -0.39 is 5.60 Å². The van der Waals surface area contributed by atoms with Crippen LogP contribution in [-0.2, 0) is 9.47 Å². The molecule has 2 heterocycles. The van der Waals surface area contributed by atoms with Crippen molar-refractivity contribution >= 4 is 6.09 Å². The topological polar surface area (TPSA) is 59.6 Å². The Labute approximate surface area is 102 Å². The van der Waals surface area contributed by atoms with Crippen LogP contribution < -0.4 is 10.6 Å². The van der Waals surface area contributed by atoms with Gasteiger partial charge >= 0.3 is 6.09 Å². The molecule has 0 aromatic rings. The van der Waals surface area contributed by atoms with Crippen LogP contribution in [0.2, 0.25) is 0 Å². The van der Waals surface area contributed by atoms with Crippen molar-refractivity contribution in [2.24, 2.45) is 5.92 Å². The number of carbonyl (C=O) groups is 1. The first-order valence-electron chi connectivity index (χ1n) is 6.27. The van der Waals surface area contributed by atoms with Crippen LogP contribution >= 0.6 is 0 Å². The molecule has 5 nitrogen and oxygen atoms in total. The van der Waals surface area contributed by atoms with Crippen molar-refractivity contribution in [1.29, 1.82) is 0 Å². The largest absolute Gasteiger partial charge is 0.444 e. The van der Waals surface area contributed by atoms with Gasteiger partial charge in [-0.3, -0.25) is 0 Å². The Morgan fingerprint density at radius 1 is 1.41 bits per heavy atom. The van der Waals surface area contributed by atoms with Crippen molar-refractivity contribution in [2.75, 3.05) is 19.7 Å². The molecule has 0 bridgehead atoms. The molecule has 3 atom stereocenters. The van der Waals surface area contributed by atoms with Gasteiger partial charge in [-0.1, -0.05) is 0 Å². The predicted octanol–water partition coefficient (Wildman–Crippen LogP) is 0.888. The van der Waals surface area contributed by atoms with Crippen molar-refractivity contribution in [3.8, 4) is 0 Å². The molecule has 0 aromatic carbocycles. The average Bonchev–Trinajstić information content (AvgIpc) is 2.63. The zero-order chi connectivity index (χ0) is 12.5. The summed E-state index contributed by atoms with van der Waals surface area (Å²) in [5.74, 6) is 0.372. The Hall–Kier alpha value is -0.810. The Morgan fingerprint density at radius 3 is 2.88 bits per heavy atom. The first kappa shape index (κ1) is 12.6. The molecular formula is C12H22N2O3. The van der Waals surface area contributed by atoms with Crippen LogP contribution in [0.1, 0.15) is 27.2 Å². The normalized spacial score (nSPS) is 33.0. The van der Waals surface area contributed by atoms with Crippen molar-refractivity contribution in [3.05, 3.63) is 0 Å². The smallest absolute Gasteiger partial charge is 0.407 e. The number of alkyl carbamates (subject to hydrolysis) is 1. The minimum Gasteiger partial charge on any atom is -0.444 e. The van der Waals surface area contributed by atoms with Gasteiger partial charge in [0.15, 0.2) is 0 Å². The second kappa shape index (κ2) is 4.82. The second-order valence-corrected chi connectivity index (χ2v) is 5.77. The predicted molar refractivity (Wildman–Crippen MR) is 63.9 cm³/mol. The first-order valence-corrected chi connectivity index (χ1v) is 6.27. The lowest BCUT2D eigenvalue weighted by molar-refractivity contribution is -0.0202. The molecule has 2 N–H and O–H groups in total. The maximum Gasteiger partial charge on any atom is 0.407 e. The Kier molecular flexibility index (Phi) is 3.58. The zero-order valence-electron chi connectivity index (χ0n) is 10.8. The van der Waals surface area contributed by atoms with Crippen molar-refractivity contribution in [2.45, 2.75) is 44.9 Å². The molecule has 0 saturated carbocycles. The number of hydrogen-bond donors (Lipinski definition) is 2. The van der Waals surface area contributed by atoms with Gasteiger partial charge in [0.2, 0.25) is 0 Å². The third kappa shape index (κ3) is 3.33. The summed E-state index contributed by atoms with van der Waals surface area (Å²) in [6, 6.07) is 0.165. The Bertz CT molecular complexity index is 288. The Balaban J connectivity index is 1.87. The maximum atomic E-state index is 11.7. The van der Waals surface area contributed by atoms with Crippen molar-refractivity contribution in [1.82, 2.24) is 10.6 Å². The summed E-state index contributed by atoms with van der Waals surface area (Å²) in [4.78, 5) is 11.7. The van der Waals surface area contributed by atoms with E-state index in [9.17, 15) is 4.79 Å². The summed E-state index contributed by atoms with van der Waals surface area (Å²) in [7, 11) is 0. The highest BCUT2D eigenvalue weighted by molar-refractivity contribution is 5.68. The van der Waals surface area contributed by atoms with Crippen LogP contribution in [0.4, 0.5) is 4.79 Å². The van der Waals surface area contributed by atoms with Gasteiger partial charge in [-0.2, -0.15) is 0 Å². The molecule has 1 amide bonds. The molecule has 0 aliphatic carbocycles. The molecule has 0 spiro atoms. The average molecular weight is 242 g/mol. The minimum absolute atomic E-state index is 0.165. The van der Waals surface area contributed by atoms with E-state index in [4.69, 9.17) is 9.47 Å². The van der Waals surface area contributed by atoms with Gasteiger partial charge in [0.25, 0.3) is 0 Å². The number of carbonyl (C=O) groups excluding carboxylic acids is 1. The fourth-order valence-electron chi connectivity index (χ4n) is 2.46. The highest BCUT2D eigenvalue weighted by Gasteiger charge is 2.38. The molecule has 2 aliphatic rings. The van der Waals surface area contributed by atoms with Crippen LogP contribution in [0.15, 0.2) is 0 Å². The lowest BCUT2D eigenvalue weighted by Crippen LogP contribution is -2.50. The summed E-state index contributed by atoms with van der Waals surface area (Å²) < 4.78 is 10.9. The highest BCUT2D eigenvalue weighted by Crippen LogP contribution is 2.24. The van der Waals surface area contributed by atoms with Crippen LogP contribution in [0, 0.1) is 5.92 Å². The van der Waals surface area contributed by atoms with E-state index in [-0.39, 0.29) is 18.2 Å². The van der Waals surface area contributed by atoms with E-state index in [1.165, 1.54) is 0 Å². The monoisotopic (exact) mass is 242 g/mol. The zero-order valence-corrected chi connectivity index (χ0v) is 10.8. The highest BCUT2D eigenvalue weighted by atomic mass is 16.6. The molecule has 5 heteroatoms. The molecule has 98 valence electrons. The third-order valence-electron chi connectivity index (χ3n) is 3.18. The van der Waals surface area contributed by atoms with Gasteiger partial charge in [-0.05, 0) is 27.2 Å². The minimum atomic E-state index is -0.442. The third-order valence-corrected chi connectivity index (χ3v) is 3.18. The first-order chi connectivity index (χ1) is 7.96. The van der Waals surface area contributed by atoms with Gasteiger partial charge in [0.1, 0.15) is 5.60 Å². The molecule has 2 fully saturated rings. The number of rotatable bonds is 1. The molecule has 0 aromatic heterocycles. The number of hydrogen-bond acceptors (Lipinski definition) is 4. The van der Waals surface area contributed by atoms with Gasteiger partial charge in [-0.15, -0.1) is 0 Å². The fourth-order valence-corrected chi connectivity index (χ4v) is 2.46. The summed E-state index contributed by atoms with van der Waals surface area (Å²) in [6.07, 6.45) is 0.779. The van der Waals surface area contributed by atoms with Crippen molar-refractivity contribution < 1.29 is 14.3 Å². The van der Waals surface area contributed by atoms with E-state index in [2.05, 4.69) is 10.6 Å². The number of ether oxygens (including phenoxy) is 2. The summed E-state index contributed by atoms with van der Waals surface area (Å²) in [5.41, 5.74) is -0.442. The van der Waals surface area contributed by atoms with Crippen molar-refractivity contribution in [3.63, 3.8) is 0 Å². The maximum absolute atomic E-state index is 11.7. The molecule has 2 rings (SSSR count). The van der Waals surface area contributed by atoms with Crippen LogP contribution in [-0.4, -0.2) is 43.5 Å². The summed E-state index contributed by atoms with van der Waals surface area (Å²) in [5, 5.41) is 6.26. The van der Waals surface area contributed by atoms with E-state index in [1.54, 1.807) is 0 Å². The summed E-state index contributed by atoms with van der Waals surface area (Å²) >= 11 is 0.